The second kappa shape index (κ2) is 7.51. The van der Waals surface area contributed by atoms with Gasteiger partial charge in [0.15, 0.2) is 6.10 Å². The van der Waals surface area contributed by atoms with Crippen LogP contribution in [0.2, 0.25) is 0 Å². The van der Waals surface area contributed by atoms with Crippen molar-refractivity contribution in [3.8, 4) is 0 Å². The molecular weight excluding hydrogens is 327 g/mol. The van der Waals surface area contributed by atoms with Crippen LogP contribution >= 0.6 is 0 Å². The van der Waals surface area contributed by atoms with E-state index in [1.807, 2.05) is 0 Å². The van der Waals surface area contributed by atoms with Gasteiger partial charge in [0, 0.05) is 21.1 Å². The number of ether oxygens (including phenoxy) is 1. The summed E-state index contributed by atoms with van der Waals surface area (Å²) in [5.74, 6) is -1.84. The van der Waals surface area contributed by atoms with Crippen molar-refractivity contribution in [3.05, 3.63) is 30.1 Å². The predicted molar refractivity (Wildman–Crippen MR) is 80.5 cm³/mol. The van der Waals surface area contributed by atoms with Crippen LogP contribution in [-0.4, -0.2) is 63.3 Å². The smallest absolute Gasteiger partial charge is 0.322 e. The fourth-order valence-electron chi connectivity index (χ4n) is 1.70. The first-order valence-corrected chi connectivity index (χ1v) is 8.12. The molecule has 1 aromatic rings. The maximum absolute atomic E-state index is 12.9. The summed E-state index contributed by atoms with van der Waals surface area (Å²) in [6.07, 6.45) is -1.01. The van der Waals surface area contributed by atoms with E-state index in [0.29, 0.717) is 0 Å². The Morgan fingerprint density at radius 3 is 2.17 bits per heavy atom. The van der Waals surface area contributed by atoms with Crippen LogP contribution in [0, 0.1) is 5.82 Å². The van der Waals surface area contributed by atoms with Gasteiger partial charge in [-0.25, -0.2) is 12.8 Å². The van der Waals surface area contributed by atoms with Gasteiger partial charge in [-0.1, -0.05) is 0 Å². The fourth-order valence-corrected chi connectivity index (χ4v) is 2.82. The number of sulfonamides is 1. The Morgan fingerprint density at radius 2 is 1.70 bits per heavy atom. The Kier molecular flexibility index (Phi) is 6.22. The second-order valence-electron chi connectivity index (χ2n) is 5.08. The second-order valence-corrected chi connectivity index (χ2v) is 7.12. The number of carbonyl (C=O) groups is 2. The predicted octanol–water partition coefficient (Wildman–Crippen LogP) is 0.466. The number of hydrogen-bond donors (Lipinski definition) is 0. The van der Waals surface area contributed by atoms with Crippen LogP contribution in [-0.2, 0) is 24.3 Å². The number of amides is 1. The molecule has 128 valence electrons. The number of esters is 1. The quantitative estimate of drug-likeness (QED) is 0.699. The lowest BCUT2D eigenvalue weighted by Crippen LogP contribution is -2.38. The highest BCUT2D eigenvalue weighted by Crippen LogP contribution is 2.14. The minimum Gasteiger partial charge on any atom is -0.452 e. The highest BCUT2D eigenvalue weighted by molar-refractivity contribution is 7.89. The molecule has 0 saturated heterocycles. The molecule has 0 fully saturated rings. The standard InChI is InChI=1S/C14H19FN2O5S/c1-10(14(19)16(2)3)22-13(18)9-17(4)23(20,21)12-7-5-11(15)6-8-12/h5-8,10H,9H2,1-4H3/t10-/m1/s1. The summed E-state index contributed by atoms with van der Waals surface area (Å²) in [4.78, 5) is 24.5. The first-order chi connectivity index (χ1) is 10.6. The lowest BCUT2D eigenvalue weighted by molar-refractivity contribution is -0.157. The van der Waals surface area contributed by atoms with Crippen LogP contribution < -0.4 is 0 Å². The summed E-state index contributed by atoms with van der Waals surface area (Å²) in [5, 5.41) is 0. The fraction of sp³-hybridized carbons (Fsp3) is 0.429. The zero-order valence-electron chi connectivity index (χ0n) is 13.3. The number of carbonyl (C=O) groups excluding carboxylic acids is 2. The Balaban J connectivity index is 2.74. The lowest BCUT2D eigenvalue weighted by atomic mass is 10.3. The number of likely N-dealkylation sites (N-methyl/N-ethyl adjacent to an activating group) is 2. The minimum absolute atomic E-state index is 0.147. The monoisotopic (exact) mass is 346 g/mol. The van der Waals surface area contributed by atoms with Crippen molar-refractivity contribution >= 4 is 21.9 Å². The first-order valence-electron chi connectivity index (χ1n) is 6.68. The Labute approximate surface area is 134 Å². The van der Waals surface area contributed by atoms with E-state index >= 15 is 0 Å². The van der Waals surface area contributed by atoms with Crippen LogP contribution in [0.25, 0.3) is 0 Å². The molecule has 1 aromatic carbocycles. The Bertz CT molecular complexity index is 673. The molecule has 0 heterocycles. The molecule has 0 bridgehead atoms. The maximum atomic E-state index is 12.9. The largest absolute Gasteiger partial charge is 0.452 e. The third-order valence-corrected chi connectivity index (χ3v) is 4.79. The van der Waals surface area contributed by atoms with E-state index in [1.54, 1.807) is 0 Å². The van der Waals surface area contributed by atoms with Crippen LogP contribution in [0.4, 0.5) is 4.39 Å². The Hall–Kier alpha value is -2.00. The van der Waals surface area contributed by atoms with Gasteiger partial charge in [-0.2, -0.15) is 4.31 Å². The van der Waals surface area contributed by atoms with E-state index in [1.165, 1.54) is 33.0 Å². The number of nitrogens with zero attached hydrogens (tertiary/aromatic N) is 2. The topological polar surface area (TPSA) is 84.0 Å². The SMILES string of the molecule is C[C@@H](OC(=O)CN(C)S(=O)(=O)c1ccc(F)cc1)C(=O)N(C)C. The molecule has 23 heavy (non-hydrogen) atoms. The molecule has 0 N–H and O–H groups in total. The van der Waals surface area contributed by atoms with Crippen molar-refractivity contribution < 1.29 is 27.1 Å². The van der Waals surface area contributed by atoms with Gasteiger partial charge < -0.3 is 9.64 Å². The summed E-state index contributed by atoms with van der Waals surface area (Å²) >= 11 is 0. The van der Waals surface area contributed by atoms with Gasteiger partial charge in [0.25, 0.3) is 5.91 Å². The van der Waals surface area contributed by atoms with Gasteiger partial charge in [0.2, 0.25) is 10.0 Å². The molecule has 0 aliphatic heterocycles. The van der Waals surface area contributed by atoms with E-state index in [0.717, 1.165) is 28.6 Å². The van der Waals surface area contributed by atoms with Gasteiger partial charge in [0.1, 0.15) is 12.4 Å². The molecule has 0 aromatic heterocycles. The summed E-state index contributed by atoms with van der Waals surface area (Å²) in [5.41, 5.74) is 0. The molecule has 1 rings (SSSR count). The zero-order valence-corrected chi connectivity index (χ0v) is 14.1. The number of hydrogen-bond acceptors (Lipinski definition) is 5. The van der Waals surface area contributed by atoms with E-state index in [-0.39, 0.29) is 4.90 Å². The first kappa shape index (κ1) is 19.0. The molecule has 1 atom stereocenters. The van der Waals surface area contributed by atoms with Gasteiger partial charge in [-0.15, -0.1) is 0 Å². The van der Waals surface area contributed by atoms with Gasteiger partial charge >= 0.3 is 5.97 Å². The maximum Gasteiger partial charge on any atom is 0.322 e. The van der Waals surface area contributed by atoms with Crippen molar-refractivity contribution in [2.75, 3.05) is 27.7 Å². The number of rotatable bonds is 6. The van der Waals surface area contributed by atoms with Gasteiger partial charge in [-0.05, 0) is 31.2 Å². The molecule has 0 aliphatic carbocycles. The molecule has 0 radical (unpaired) electrons. The lowest BCUT2D eigenvalue weighted by Gasteiger charge is -2.20. The van der Waals surface area contributed by atoms with E-state index in [2.05, 4.69) is 0 Å². The molecule has 1 amide bonds. The van der Waals surface area contributed by atoms with Crippen LogP contribution in [0.3, 0.4) is 0 Å². The average Bonchev–Trinajstić information content (AvgIpc) is 2.46. The summed E-state index contributed by atoms with van der Waals surface area (Å²) in [6.45, 7) is 0.833. The molecular formula is C14H19FN2O5S. The van der Waals surface area contributed by atoms with Crippen molar-refractivity contribution in [2.45, 2.75) is 17.9 Å². The highest BCUT2D eigenvalue weighted by Gasteiger charge is 2.26. The van der Waals surface area contributed by atoms with Crippen molar-refractivity contribution in [1.82, 2.24) is 9.21 Å². The number of halogens is 1. The van der Waals surface area contributed by atoms with Crippen molar-refractivity contribution in [3.63, 3.8) is 0 Å². The van der Waals surface area contributed by atoms with Crippen LogP contribution in [0.5, 0.6) is 0 Å². The van der Waals surface area contributed by atoms with Crippen LogP contribution in [0.15, 0.2) is 29.2 Å². The van der Waals surface area contributed by atoms with Crippen LogP contribution in [0.1, 0.15) is 6.92 Å². The molecule has 7 nitrogen and oxygen atoms in total. The van der Waals surface area contributed by atoms with E-state index < -0.39 is 40.4 Å². The summed E-state index contributed by atoms with van der Waals surface area (Å²) in [7, 11) is 0.264. The van der Waals surface area contributed by atoms with Gasteiger partial charge in [-0.3, -0.25) is 9.59 Å². The summed E-state index contributed by atoms with van der Waals surface area (Å²) < 4.78 is 43.0. The molecule has 0 aliphatic rings. The average molecular weight is 346 g/mol. The molecule has 0 saturated carbocycles. The molecule has 9 heteroatoms. The minimum atomic E-state index is -3.95. The van der Waals surface area contributed by atoms with Crippen molar-refractivity contribution in [1.29, 1.82) is 0 Å². The normalized spacial score (nSPS) is 12.8. The third-order valence-electron chi connectivity index (χ3n) is 2.97. The van der Waals surface area contributed by atoms with Gasteiger partial charge in [0.05, 0.1) is 4.90 Å². The third kappa shape index (κ3) is 5.00. The highest BCUT2D eigenvalue weighted by atomic mass is 32.2. The number of benzene rings is 1. The van der Waals surface area contributed by atoms with E-state index in [9.17, 15) is 22.4 Å². The summed E-state index contributed by atoms with van der Waals surface area (Å²) in [6, 6.07) is 4.23. The zero-order chi connectivity index (χ0) is 17.8. The Morgan fingerprint density at radius 1 is 1.17 bits per heavy atom. The van der Waals surface area contributed by atoms with Crippen molar-refractivity contribution in [2.24, 2.45) is 0 Å². The van der Waals surface area contributed by atoms with E-state index in [4.69, 9.17) is 4.74 Å². The molecule has 0 spiro atoms. The molecule has 0 unspecified atom stereocenters.